The minimum absolute atomic E-state index is 0.0610. The number of nitrogens with one attached hydrogen (secondary N) is 1. The fourth-order valence-corrected chi connectivity index (χ4v) is 3.03. The lowest BCUT2D eigenvalue weighted by Gasteiger charge is -2.14. The van der Waals surface area contributed by atoms with Gasteiger partial charge in [0.25, 0.3) is 5.91 Å². The Kier molecular flexibility index (Phi) is 5.03. The van der Waals surface area contributed by atoms with Gasteiger partial charge >= 0.3 is 6.18 Å². The lowest BCUT2D eigenvalue weighted by atomic mass is 10.1. The van der Waals surface area contributed by atoms with E-state index in [9.17, 15) is 18.0 Å². The van der Waals surface area contributed by atoms with Gasteiger partial charge in [-0.05, 0) is 59.8 Å². The number of amides is 1. The first-order chi connectivity index (χ1) is 12.2. The van der Waals surface area contributed by atoms with Gasteiger partial charge in [-0.25, -0.2) is 4.98 Å². The molecule has 0 saturated heterocycles. The Labute approximate surface area is 161 Å². The third kappa shape index (κ3) is 4.06. The summed E-state index contributed by atoms with van der Waals surface area (Å²) in [5.74, 6) is -0.470. The van der Waals surface area contributed by atoms with Gasteiger partial charge in [0, 0.05) is 21.1 Å². The first kappa shape index (κ1) is 18.4. The minimum Gasteiger partial charge on any atom is -0.322 e. The molecular formula is C18H13F3IN3O. The number of anilines is 1. The third-order valence-electron chi connectivity index (χ3n) is 3.63. The second-order valence-electron chi connectivity index (χ2n) is 5.62. The quantitative estimate of drug-likeness (QED) is 0.544. The lowest BCUT2D eigenvalue weighted by molar-refractivity contribution is -0.137. The van der Waals surface area contributed by atoms with Crippen molar-refractivity contribution in [2.24, 2.45) is 0 Å². The van der Waals surface area contributed by atoms with Gasteiger partial charge in [0.15, 0.2) is 0 Å². The van der Waals surface area contributed by atoms with Crippen molar-refractivity contribution < 1.29 is 18.0 Å². The van der Waals surface area contributed by atoms with Crippen molar-refractivity contribution in [1.29, 1.82) is 0 Å². The van der Waals surface area contributed by atoms with Gasteiger partial charge in [-0.3, -0.25) is 4.79 Å². The summed E-state index contributed by atoms with van der Waals surface area (Å²) in [5, 5.41) is 2.55. The van der Waals surface area contributed by atoms with Gasteiger partial charge in [-0.15, -0.1) is 0 Å². The third-order valence-corrected chi connectivity index (χ3v) is 4.57. The maximum Gasteiger partial charge on any atom is 0.416 e. The zero-order valence-electron chi connectivity index (χ0n) is 13.5. The number of hydrogen-bond donors (Lipinski definition) is 1. The van der Waals surface area contributed by atoms with Crippen LogP contribution >= 0.6 is 22.6 Å². The van der Waals surface area contributed by atoms with Crippen LogP contribution in [0.25, 0.3) is 5.69 Å². The molecule has 0 atom stereocenters. The highest BCUT2D eigenvalue weighted by Crippen LogP contribution is 2.33. The van der Waals surface area contributed by atoms with E-state index in [1.54, 1.807) is 37.4 Å². The van der Waals surface area contributed by atoms with E-state index in [2.05, 4.69) is 10.3 Å². The number of hydrogen-bond acceptors (Lipinski definition) is 2. The van der Waals surface area contributed by atoms with Crippen LogP contribution in [0, 0.1) is 10.5 Å². The van der Waals surface area contributed by atoms with Crippen LogP contribution in [-0.4, -0.2) is 15.5 Å². The highest BCUT2D eigenvalue weighted by molar-refractivity contribution is 14.1. The van der Waals surface area contributed by atoms with Gasteiger partial charge in [0.1, 0.15) is 0 Å². The minimum atomic E-state index is -4.54. The van der Waals surface area contributed by atoms with Crippen LogP contribution in [0.2, 0.25) is 0 Å². The number of rotatable bonds is 3. The Balaban J connectivity index is 2.01. The van der Waals surface area contributed by atoms with Crippen molar-refractivity contribution in [3.63, 3.8) is 0 Å². The van der Waals surface area contributed by atoms with E-state index in [-0.39, 0.29) is 11.4 Å². The van der Waals surface area contributed by atoms with E-state index in [4.69, 9.17) is 0 Å². The average molecular weight is 471 g/mol. The molecule has 2 aromatic carbocycles. The summed E-state index contributed by atoms with van der Waals surface area (Å²) in [6.45, 7) is 1.74. The fraction of sp³-hybridized carbons (Fsp3) is 0.111. The number of imidazole rings is 1. The Morgan fingerprint density at radius 3 is 2.54 bits per heavy atom. The molecule has 1 N–H and O–H groups in total. The summed E-state index contributed by atoms with van der Waals surface area (Å²) in [5.41, 5.74) is 0.543. The molecule has 0 aliphatic rings. The molecule has 0 fully saturated rings. The van der Waals surface area contributed by atoms with Crippen LogP contribution in [0.1, 0.15) is 21.6 Å². The number of aryl methyl sites for hydroxylation is 1. The summed E-state index contributed by atoms with van der Waals surface area (Å²) in [6.07, 6.45) is -1.50. The molecule has 26 heavy (non-hydrogen) atoms. The van der Waals surface area contributed by atoms with Crippen LogP contribution in [0.15, 0.2) is 55.0 Å². The molecule has 0 spiro atoms. The molecule has 4 nitrogen and oxygen atoms in total. The van der Waals surface area contributed by atoms with Crippen LogP contribution in [0.5, 0.6) is 0 Å². The Hall–Kier alpha value is -2.36. The number of nitrogens with zero attached hydrogens (tertiary/aromatic N) is 2. The van der Waals surface area contributed by atoms with E-state index in [0.29, 0.717) is 14.8 Å². The Morgan fingerprint density at radius 1 is 1.19 bits per heavy atom. The van der Waals surface area contributed by atoms with Gasteiger partial charge in [-0.1, -0.05) is 12.1 Å². The molecule has 8 heteroatoms. The van der Waals surface area contributed by atoms with Crippen molar-refractivity contribution in [3.8, 4) is 5.69 Å². The van der Waals surface area contributed by atoms with E-state index in [1.807, 2.05) is 22.6 Å². The van der Waals surface area contributed by atoms with Gasteiger partial charge in [0.2, 0.25) is 0 Å². The Morgan fingerprint density at radius 2 is 1.92 bits per heavy atom. The number of aromatic nitrogens is 2. The second-order valence-corrected chi connectivity index (χ2v) is 6.78. The SMILES string of the molecule is Cc1cn(-c2cc(NC(=O)c3ccccc3I)cc(C(F)(F)F)c2)cn1. The van der Waals surface area contributed by atoms with E-state index in [1.165, 1.54) is 17.0 Å². The zero-order valence-corrected chi connectivity index (χ0v) is 15.7. The number of alkyl halides is 3. The molecule has 0 aliphatic carbocycles. The molecule has 0 radical (unpaired) electrons. The molecule has 1 heterocycles. The Bertz CT molecular complexity index is 966. The largest absolute Gasteiger partial charge is 0.416 e. The summed E-state index contributed by atoms with van der Waals surface area (Å²) < 4.78 is 42.0. The normalized spacial score (nSPS) is 11.4. The van der Waals surface area contributed by atoms with Crippen LogP contribution < -0.4 is 5.32 Å². The maximum atomic E-state index is 13.3. The number of carbonyl (C=O) groups excluding carboxylic acids is 1. The predicted molar refractivity (Wildman–Crippen MR) is 100 cm³/mol. The molecule has 0 unspecified atom stereocenters. The van der Waals surface area contributed by atoms with E-state index < -0.39 is 17.6 Å². The molecule has 0 bridgehead atoms. The fourth-order valence-electron chi connectivity index (χ4n) is 2.40. The molecule has 3 rings (SSSR count). The monoisotopic (exact) mass is 471 g/mol. The molecule has 134 valence electrons. The molecule has 0 aliphatic heterocycles. The zero-order chi connectivity index (χ0) is 18.9. The second kappa shape index (κ2) is 7.10. The first-order valence-corrected chi connectivity index (χ1v) is 8.61. The predicted octanol–water partition coefficient (Wildman–Crippen LogP) is 5.06. The number of carbonyl (C=O) groups is 1. The molecule has 0 saturated carbocycles. The smallest absolute Gasteiger partial charge is 0.322 e. The van der Waals surface area contributed by atoms with Crippen molar-refractivity contribution in [2.75, 3.05) is 5.32 Å². The summed E-state index contributed by atoms with van der Waals surface area (Å²) in [4.78, 5) is 16.5. The van der Waals surface area contributed by atoms with Crippen molar-refractivity contribution in [3.05, 3.63) is 75.4 Å². The summed E-state index contributed by atoms with van der Waals surface area (Å²) in [7, 11) is 0. The van der Waals surface area contributed by atoms with Crippen LogP contribution in [-0.2, 0) is 6.18 Å². The average Bonchev–Trinajstić information content (AvgIpc) is 3.00. The lowest BCUT2D eigenvalue weighted by Crippen LogP contribution is -2.15. The highest BCUT2D eigenvalue weighted by Gasteiger charge is 2.31. The number of benzene rings is 2. The summed E-state index contributed by atoms with van der Waals surface area (Å²) in [6, 6.07) is 10.3. The number of halogens is 4. The maximum absolute atomic E-state index is 13.3. The molecule has 3 aromatic rings. The van der Waals surface area contributed by atoms with Gasteiger partial charge < -0.3 is 9.88 Å². The van der Waals surface area contributed by atoms with E-state index >= 15 is 0 Å². The van der Waals surface area contributed by atoms with Crippen LogP contribution in [0.4, 0.5) is 18.9 Å². The first-order valence-electron chi connectivity index (χ1n) is 7.53. The van der Waals surface area contributed by atoms with Crippen molar-refractivity contribution in [2.45, 2.75) is 13.1 Å². The molecular weight excluding hydrogens is 458 g/mol. The topological polar surface area (TPSA) is 46.9 Å². The van der Waals surface area contributed by atoms with Crippen molar-refractivity contribution >= 4 is 34.2 Å². The summed E-state index contributed by atoms with van der Waals surface area (Å²) >= 11 is 2.00. The van der Waals surface area contributed by atoms with Gasteiger partial charge in [0.05, 0.1) is 23.1 Å². The molecule has 1 aromatic heterocycles. The van der Waals surface area contributed by atoms with Gasteiger partial charge in [-0.2, -0.15) is 13.2 Å². The van der Waals surface area contributed by atoms with E-state index in [0.717, 1.165) is 12.1 Å². The molecule has 1 amide bonds. The highest BCUT2D eigenvalue weighted by atomic mass is 127. The van der Waals surface area contributed by atoms with Crippen LogP contribution in [0.3, 0.4) is 0 Å². The standard InChI is InChI=1S/C18H13F3IN3O/c1-11-9-25(10-23-11)14-7-12(18(19,20)21)6-13(8-14)24-17(26)15-4-2-3-5-16(15)22/h2-10H,1H3,(H,24,26). The van der Waals surface area contributed by atoms with Crippen molar-refractivity contribution in [1.82, 2.24) is 9.55 Å².